The largest absolute Gasteiger partial charge is 0.399 e. The normalized spacial score (nSPS) is 11.3. The lowest BCUT2D eigenvalue weighted by atomic mass is 9.96. The van der Waals surface area contributed by atoms with Crippen LogP contribution in [0.15, 0.2) is 24.3 Å². The molecule has 0 fully saturated rings. The maximum Gasteiger partial charge on any atom is 0.226 e. The number of nitrogen functional groups attached to an aromatic ring is 1. The van der Waals surface area contributed by atoms with Gasteiger partial charge < -0.3 is 10.6 Å². The number of hydrogen-bond acceptors (Lipinski definition) is 2. The van der Waals surface area contributed by atoms with E-state index in [1.165, 1.54) is 0 Å². The number of nitrogens with zero attached hydrogens (tertiary/aromatic N) is 1. The van der Waals surface area contributed by atoms with Crippen LogP contribution in [0.5, 0.6) is 0 Å². The molecule has 1 aromatic carbocycles. The Balaban J connectivity index is 2.60. The van der Waals surface area contributed by atoms with Gasteiger partial charge in [-0.3, -0.25) is 4.79 Å². The molecule has 2 N–H and O–H groups in total. The van der Waals surface area contributed by atoms with Gasteiger partial charge in [0.25, 0.3) is 0 Å². The summed E-state index contributed by atoms with van der Waals surface area (Å²) in [6.45, 7) is 7.13. The predicted octanol–water partition coefficient (Wildman–Crippen LogP) is 2.32. The third kappa shape index (κ3) is 4.89. The quantitative estimate of drug-likeness (QED) is 0.816. The van der Waals surface area contributed by atoms with E-state index in [4.69, 9.17) is 5.73 Å². The summed E-state index contributed by atoms with van der Waals surface area (Å²) < 4.78 is 0. The second-order valence-corrected chi connectivity index (χ2v) is 5.73. The first-order valence-corrected chi connectivity index (χ1v) is 5.86. The minimum absolute atomic E-state index is 0.125. The molecule has 0 aliphatic heterocycles. The van der Waals surface area contributed by atoms with Crippen LogP contribution >= 0.6 is 0 Å². The lowest BCUT2D eigenvalue weighted by molar-refractivity contribution is -0.130. The summed E-state index contributed by atoms with van der Waals surface area (Å²) in [4.78, 5) is 13.8. The Kier molecular flexibility index (Phi) is 4.16. The molecule has 0 saturated carbocycles. The van der Waals surface area contributed by atoms with Crippen LogP contribution in [0.1, 0.15) is 26.3 Å². The lowest BCUT2D eigenvalue weighted by Crippen LogP contribution is -2.35. The number of nitrogens with two attached hydrogens (primary N) is 1. The van der Waals surface area contributed by atoms with Crippen molar-refractivity contribution in [2.75, 3.05) is 19.3 Å². The van der Waals surface area contributed by atoms with Gasteiger partial charge in [-0.15, -0.1) is 0 Å². The van der Waals surface area contributed by atoms with Crippen LogP contribution in [0.2, 0.25) is 0 Å². The van der Waals surface area contributed by atoms with E-state index in [1.807, 2.05) is 31.3 Å². The predicted molar refractivity (Wildman–Crippen MR) is 71.7 cm³/mol. The van der Waals surface area contributed by atoms with E-state index in [0.717, 1.165) is 12.1 Å². The van der Waals surface area contributed by atoms with E-state index in [9.17, 15) is 4.79 Å². The third-order valence-corrected chi connectivity index (χ3v) is 2.44. The summed E-state index contributed by atoms with van der Waals surface area (Å²) in [6, 6.07) is 7.48. The number of hydrogen-bond donors (Lipinski definition) is 1. The Morgan fingerprint density at radius 3 is 2.53 bits per heavy atom. The van der Waals surface area contributed by atoms with Gasteiger partial charge in [-0.05, 0) is 23.1 Å². The molecule has 3 heteroatoms. The summed E-state index contributed by atoms with van der Waals surface area (Å²) in [5, 5.41) is 0. The monoisotopic (exact) mass is 234 g/mol. The molecule has 0 bridgehead atoms. The molecule has 0 aliphatic carbocycles. The molecular weight excluding hydrogens is 212 g/mol. The highest BCUT2D eigenvalue weighted by Crippen LogP contribution is 2.15. The van der Waals surface area contributed by atoms with Crippen molar-refractivity contribution in [1.29, 1.82) is 0 Å². The first-order valence-electron chi connectivity index (χ1n) is 5.86. The SMILES string of the molecule is CN(CC(C)(C)C)C(=O)Cc1cccc(N)c1. The number of likely N-dealkylation sites (N-methyl/N-ethyl adjacent to an activating group) is 1. The first-order chi connectivity index (χ1) is 7.78. The van der Waals surface area contributed by atoms with Crippen LogP contribution in [-0.4, -0.2) is 24.4 Å². The highest BCUT2D eigenvalue weighted by atomic mass is 16.2. The summed E-state index contributed by atoms with van der Waals surface area (Å²) >= 11 is 0. The van der Waals surface area contributed by atoms with Crippen molar-refractivity contribution in [3.63, 3.8) is 0 Å². The van der Waals surface area contributed by atoms with Crippen molar-refractivity contribution in [2.24, 2.45) is 5.41 Å². The molecule has 0 saturated heterocycles. The van der Waals surface area contributed by atoms with Gasteiger partial charge in [0.1, 0.15) is 0 Å². The number of benzene rings is 1. The fourth-order valence-corrected chi connectivity index (χ4v) is 1.81. The fraction of sp³-hybridized carbons (Fsp3) is 0.500. The third-order valence-electron chi connectivity index (χ3n) is 2.44. The second-order valence-electron chi connectivity index (χ2n) is 5.73. The average molecular weight is 234 g/mol. The van der Waals surface area contributed by atoms with Crippen molar-refractivity contribution < 1.29 is 4.79 Å². The van der Waals surface area contributed by atoms with Gasteiger partial charge in [-0.25, -0.2) is 0 Å². The van der Waals surface area contributed by atoms with Crippen molar-refractivity contribution in [1.82, 2.24) is 4.90 Å². The van der Waals surface area contributed by atoms with Crippen LogP contribution in [-0.2, 0) is 11.2 Å². The Morgan fingerprint density at radius 1 is 1.35 bits per heavy atom. The van der Waals surface area contributed by atoms with Crippen LogP contribution in [0, 0.1) is 5.41 Å². The van der Waals surface area contributed by atoms with E-state index >= 15 is 0 Å². The van der Waals surface area contributed by atoms with Gasteiger partial charge in [0, 0.05) is 19.3 Å². The number of carbonyl (C=O) groups excluding carboxylic acids is 1. The smallest absolute Gasteiger partial charge is 0.226 e. The maximum atomic E-state index is 12.0. The van der Waals surface area contributed by atoms with Gasteiger partial charge >= 0.3 is 0 Å². The highest BCUT2D eigenvalue weighted by Gasteiger charge is 2.17. The van der Waals surface area contributed by atoms with Crippen molar-refractivity contribution >= 4 is 11.6 Å². The number of anilines is 1. The second kappa shape index (κ2) is 5.21. The molecule has 0 heterocycles. The van der Waals surface area contributed by atoms with Crippen molar-refractivity contribution in [2.45, 2.75) is 27.2 Å². The minimum atomic E-state index is 0.125. The number of carbonyl (C=O) groups is 1. The zero-order chi connectivity index (χ0) is 13.1. The number of rotatable bonds is 3. The molecule has 0 aliphatic rings. The Bertz CT molecular complexity index is 393. The zero-order valence-corrected chi connectivity index (χ0v) is 11.2. The lowest BCUT2D eigenvalue weighted by Gasteiger charge is -2.26. The molecule has 0 spiro atoms. The van der Waals surface area contributed by atoms with E-state index in [-0.39, 0.29) is 11.3 Å². The van der Waals surface area contributed by atoms with Gasteiger partial charge in [0.15, 0.2) is 0 Å². The van der Waals surface area contributed by atoms with Crippen LogP contribution < -0.4 is 5.73 Å². The Morgan fingerprint density at radius 2 is 2.00 bits per heavy atom. The minimum Gasteiger partial charge on any atom is -0.399 e. The topological polar surface area (TPSA) is 46.3 Å². The van der Waals surface area contributed by atoms with Crippen molar-refractivity contribution in [3.05, 3.63) is 29.8 Å². The fourth-order valence-electron chi connectivity index (χ4n) is 1.81. The standard InChI is InChI=1S/C14H22N2O/c1-14(2,3)10-16(4)13(17)9-11-6-5-7-12(15)8-11/h5-8H,9-10,15H2,1-4H3. The summed E-state index contributed by atoms with van der Waals surface area (Å²) in [7, 11) is 1.85. The van der Waals surface area contributed by atoms with Gasteiger partial charge in [0.2, 0.25) is 5.91 Å². The molecule has 1 amide bonds. The molecule has 1 rings (SSSR count). The van der Waals surface area contributed by atoms with Crippen LogP contribution in [0.3, 0.4) is 0 Å². The molecule has 0 radical (unpaired) electrons. The Labute approximate surface area is 104 Å². The summed E-state index contributed by atoms with van der Waals surface area (Å²) in [6.07, 6.45) is 0.414. The summed E-state index contributed by atoms with van der Waals surface area (Å²) in [5.41, 5.74) is 7.48. The molecule has 1 aromatic rings. The van der Waals surface area contributed by atoms with Gasteiger partial charge in [-0.2, -0.15) is 0 Å². The molecule has 0 aromatic heterocycles. The highest BCUT2D eigenvalue weighted by molar-refractivity contribution is 5.78. The van der Waals surface area contributed by atoms with E-state index < -0.39 is 0 Å². The average Bonchev–Trinajstić information content (AvgIpc) is 2.14. The van der Waals surface area contributed by atoms with Gasteiger partial charge in [0.05, 0.1) is 6.42 Å². The molecule has 0 atom stereocenters. The molecule has 3 nitrogen and oxygen atoms in total. The zero-order valence-electron chi connectivity index (χ0n) is 11.2. The van der Waals surface area contributed by atoms with E-state index in [2.05, 4.69) is 20.8 Å². The Hall–Kier alpha value is -1.51. The maximum absolute atomic E-state index is 12.0. The molecular formula is C14H22N2O. The molecule has 0 unspecified atom stereocenters. The van der Waals surface area contributed by atoms with Gasteiger partial charge in [-0.1, -0.05) is 32.9 Å². The van der Waals surface area contributed by atoms with Crippen LogP contribution in [0.25, 0.3) is 0 Å². The molecule has 94 valence electrons. The number of amides is 1. The molecule has 17 heavy (non-hydrogen) atoms. The van der Waals surface area contributed by atoms with E-state index in [0.29, 0.717) is 12.1 Å². The van der Waals surface area contributed by atoms with E-state index in [1.54, 1.807) is 4.90 Å². The van der Waals surface area contributed by atoms with Crippen LogP contribution in [0.4, 0.5) is 5.69 Å². The summed E-state index contributed by atoms with van der Waals surface area (Å²) in [5.74, 6) is 0.130. The van der Waals surface area contributed by atoms with Crippen molar-refractivity contribution in [3.8, 4) is 0 Å². The first kappa shape index (κ1) is 13.6.